The number of carboxylic acids is 1. The number of amides is 2. The summed E-state index contributed by atoms with van der Waals surface area (Å²) < 4.78 is 30.8. The molecule has 13 heteroatoms. The largest absolute Gasteiger partial charge is 0.480 e. The Balaban J connectivity index is 1.79. The number of carboxylic acid groups (broad SMARTS) is 1. The molecule has 2 aromatic rings. The number of hydrogen-bond donors (Lipinski definition) is 2. The predicted molar refractivity (Wildman–Crippen MR) is 167 cm³/mol. The predicted octanol–water partition coefficient (Wildman–Crippen LogP) is 6.37. The Morgan fingerprint density at radius 2 is 1.66 bits per heavy atom. The van der Waals surface area contributed by atoms with Crippen LogP contribution in [0, 0.1) is 0 Å². The van der Waals surface area contributed by atoms with Crippen molar-refractivity contribution in [3.05, 3.63) is 42.1 Å². The highest BCUT2D eigenvalue weighted by Crippen LogP contribution is 2.63. The molecule has 2 N–H and O–H groups in total. The van der Waals surface area contributed by atoms with Gasteiger partial charge in [-0.3, -0.25) is 19.4 Å². The van der Waals surface area contributed by atoms with Crippen molar-refractivity contribution in [3.8, 4) is 11.3 Å². The van der Waals surface area contributed by atoms with Gasteiger partial charge in [0.05, 0.1) is 12.3 Å². The van der Waals surface area contributed by atoms with E-state index >= 15 is 0 Å². The number of hydrogen-bond acceptors (Lipinski definition) is 9. The average Bonchev–Trinajstić information content (AvgIpc) is 3.37. The molecule has 0 aliphatic carbocycles. The van der Waals surface area contributed by atoms with E-state index in [1.807, 2.05) is 35.2 Å². The Morgan fingerprint density at radius 3 is 2.20 bits per heavy atom. The van der Waals surface area contributed by atoms with Crippen LogP contribution in [0.3, 0.4) is 0 Å². The molecular formula is C31H47N4O8P. The van der Waals surface area contributed by atoms with Crippen LogP contribution in [-0.2, 0) is 29.9 Å². The number of rotatable bonds is 11. The van der Waals surface area contributed by atoms with Gasteiger partial charge >= 0.3 is 18.2 Å². The molecule has 244 valence electrons. The normalized spacial score (nSPS) is 21.1. The van der Waals surface area contributed by atoms with Gasteiger partial charge in [0.25, 0.3) is 0 Å². The zero-order chi connectivity index (χ0) is 32.8. The quantitative estimate of drug-likeness (QED) is 0.211. The van der Waals surface area contributed by atoms with Crippen molar-refractivity contribution in [1.82, 2.24) is 20.0 Å². The van der Waals surface area contributed by atoms with Crippen LogP contribution < -0.4 is 0 Å². The summed E-state index contributed by atoms with van der Waals surface area (Å²) in [6.45, 7) is 12.8. The summed E-state index contributed by atoms with van der Waals surface area (Å²) in [5.41, 5.74) is 0.930. The lowest BCUT2D eigenvalue weighted by Crippen LogP contribution is -2.54. The number of aromatic amines is 1. The standard InChI is InChI=1S/C31H47N4O8P/c1-8-41-44(40)19-18-34(21-24-20-32-33-25(24)23-14-10-9-11-15-23)22-31(44,26(36)37)16-12-13-17-35(27(38)42-29(2,3)4)28(39)43-30(5,6)7/h9-11,14-15,20H,8,12-13,16-19,21-22H2,1-7H3,(H,32,33)(H,36,37). The van der Waals surface area contributed by atoms with Gasteiger partial charge in [0, 0.05) is 49.7 Å². The van der Waals surface area contributed by atoms with Gasteiger partial charge < -0.3 is 19.1 Å². The van der Waals surface area contributed by atoms with Crippen LogP contribution in [0.4, 0.5) is 9.59 Å². The fourth-order valence-corrected chi connectivity index (χ4v) is 8.22. The third-order valence-corrected chi connectivity index (χ3v) is 10.5. The summed E-state index contributed by atoms with van der Waals surface area (Å²) in [6, 6.07) is 9.69. The third kappa shape index (κ3) is 8.92. The lowest BCUT2D eigenvalue weighted by atomic mass is 9.99. The minimum atomic E-state index is -3.63. The van der Waals surface area contributed by atoms with Crippen molar-refractivity contribution in [3.63, 3.8) is 0 Å². The second-order valence-corrected chi connectivity index (χ2v) is 16.0. The van der Waals surface area contributed by atoms with Gasteiger partial charge in [0.1, 0.15) is 11.2 Å². The number of carbonyl (C=O) groups is 3. The summed E-state index contributed by atoms with van der Waals surface area (Å²) in [4.78, 5) is 41.7. The van der Waals surface area contributed by atoms with Gasteiger partial charge in [0.15, 0.2) is 5.16 Å². The van der Waals surface area contributed by atoms with E-state index < -0.39 is 41.9 Å². The highest BCUT2D eigenvalue weighted by Gasteiger charge is 2.58. The van der Waals surface area contributed by atoms with Crippen LogP contribution in [0.5, 0.6) is 0 Å². The van der Waals surface area contributed by atoms with E-state index in [2.05, 4.69) is 10.2 Å². The molecule has 12 nitrogen and oxygen atoms in total. The number of aromatic nitrogens is 2. The first-order valence-electron chi connectivity index (χ1n) is 15.0. The molecule has 2 unspecified atom stereocenters. The molecule has 0 saturated carbocycles. The summed E-state index contributed by atoms with van der Waals surface area (Å²) in [5.74, 6) is -1.19. The van der Waals surface area contributed by atoms with Crippen molar-refractivity contribution >= 4 is 25.5 Å². The van der Waals surface area contributed by atoms with E-state index in [0.717, 1.165) is 21.7 Å². The van der Waals surface area contributed by atoms with Crippen molar-refractivity contribution < 1.29 is 38.1 Å². The Morgan fingerprint density at radius 1 is 1.05 bits per heavy atom. The summed E-state index contributed by atoms with van der Waals surface area (Å²) in [7, 11) is -3.63. The molecule has 0 spiro atoms. The molecule has 1 fully saturated rings. The molecule has 1 aromatic heterocycles. The highest BCUT2D eigenvalue weighted by atomic mass is 31.2. The zero-order valence-electron chi connectivity index (χ0n) is 26.9. The van der Waals surface area contributed by atoms with E-state index in [0.29, 0.717) is 13.1 Å². The van der Waals surface area contributed by atoms with Crippen LogP contribution in [0.25, 0.3) is 11.3 Å². The molecule has 2 amide bonds. The van der Waals surface area contributed by atoms with Crippen LogP contribution >= 0.6 is 7.37 Å². The lowest BCUT2D eigenvalue weighted by molar-refractivity contribution is -0.141. The molecule has 2 heterocycles. The Hall–Kier alpha value is -3.21. The van der Waals surface area contributed by atoms with Gasteiger partial charge in [-0.1, -0.05) is 30.3 Å². The molecule has 1 aliphatic heterocycles. The topological polar surface area (TPSA) is 151 Å². The van der Waals surface area contributed by atoms with Crippen molar-refractivity contribution in [2.45, 2.75) is 90.6 Å². The first-order chi connectivity index (χ1) is 20.5. The molecule has 1 saturated heterocycles. The second kappa shape index (κ2) is 14.3. The van der Waals surface area contributed by atoms with Gasteiger partial charge in [-0.25, -0.2) is 14.5 Å². The van der Waals surface area contributed by atoms with Crippen LogP contribution in [-0.4, -0.2) is 92.0 Å². The van der Waals surface area contributed by atoms with Crippen LogP contribution in [0.15, 0.2) is 36.5 Å². The monoisotopic (exact) mass is 634 g/mol. The Bertz CT molecular complexity index is 1310. The minimum Gasteiger partial charge on any atom is -0.480 e. The van der Waals surface area contributed by atoms with E-state index in [1.54, 1.807) is 54.7 Å². The first-order valence-corrected chi connectivity index (χ1v) is 16.8. The summed E-state index contributed by atoms with van der Waals surface area (Å²) in [6.07, 6.45) is 0.733. The Kier molecular flexibility index (Phi) is 11.4. The van der Waals surface area contributed by atoms with E-state index in [4.69, 9.17) is 14.0 Å². The molecular weight excluding hydrogens is 587 g/mol. The van der Waals surface area contributed by atoms with Crippen LogP contribution in [0.1, 0.15) is 73.3 Å². The molecule has 3 rings (SSSR count). The number of nitrogens with zero attached hydrogens (tertiary/aromatic N) is 3. The van der Waals surface area contributed by atoms with E-state index in [-0.39, 0.29) is 45.1 Å². The minimum absolute atomic E-state index is 0.0147. The second-order valence-electron chi connectivity index (χ2n) is 13.1. The van der Waals surface area contributed by atoms with Crippen molar-refractivity contribution in [2.24, 2.45) is 0 Å². The average molecular weight is 635 g/mol. The number of unbranched alkanes of at least 4 members (excludes halogenated alkanes) is 1. The van der Waals surface area contributed by atoms with Gasteiger partial charge in [0.2, 0.25) is 7.37 Å². The highest BCUT2D eigenvalue weighted by molar-refractivity contribution is 7.62. The van der Waals surface area contributed by atoms with E-state index in [1.165, 1.54) is 0 Å². The molecule has 2 atom stereocenters. The summed E-state index contributed by atoms with van der Waals surface area (Å²) >= 11 is 0. The number of imide groups is 1. The fraction of sp³-hybridized carbons (Fsp3) is 0.613. The number of H-pyrrole nitrogens is 1. The first kappa shape index (κ1) is 35.3. The fourth-order valence-electron chi connectivity index (χ4n) is 5.25. The summed E-state index contributed by atoms with van der Waals surface area (Å²) in [5, 5.41) is 16.3. The number of aliphatic carboxylic acids is 1. The number of carbonyl (C=O) groups excluding carboxylic acids is 2. The van der Waals surface area contributed by atoms with Crippen LogP contribution in [0.2, 0.25) is 0 Å². The molecule has 1 aromatic carbocycles. The molecule has 1 aliphatic rings. The third-order valence-electron chi connectivity index (χ3n) is 7.19. The van der Waals surface area contributed by atoms with Gasteiger partial charge in [-0.2, -0.15) is 5.10 Å². The maximum atomic E-state index is 14.2. The number of ether oxygens (including phenoxy) is 2. The zero-order valence-corrected chi connectivity index (χ0v) is 27.8. The molecule has 0 radical (unpaired) electrons. The molecule has 0 bridgehead atoms. The van der Waals surface area contributed by atoms with Crippen molar-refractivity contribution in [2.75, 3.05) is 32.4 Å². The smallest absolute Gasteiger partial charge is 0.419 e. The van der Waals surface area contributed by atoms with Crippen molar-refractivity contribution in [1.29, 1.82) is 0 Å². The van der Waals surface area contributed by atoms with E-state index in [9.17, 15) is 24.1 Å². The maximum Gasteiger partial charge on any atom is 0.419 e. The van der Waals surface area contributed by atoms with Gasteiger partial charge in [-0.15, -0.1) is 0 Å². The number of nitrogens with one attached hydrogen (secondary N) is 1. The number of benzene rings is 1. The Labute approximate surface area is 259 Å². The lowest BCUT2D eigenvalue weighted by Gasteiger charge is -2.45. The SMILES string of the molecule is CCOP1(=O)CCN(Cc2c[nH]nc2-c2ccccc2)CC1(CCCCN(C(=O)OC(C)(C)C)C(=O)OC(C)(C)C)C(=O)O. The maximum absolute atomic E-state index is 14.2. The van der Waals surface area contributed by atoms with Gasteiger partial charge in [-0.05, 0) is 67.7 Å². The molecule has 44 heavy (non-hydrogen) atoms.